The van der Waals surface area contributed by atoms with E-state index in [9.17, 15) is 23.1 Å². The van der Waals surface area contributed by atoms with Gasteiger partial charge in [0.15, 0.2) is 0 Å². The maximum Gasteiger partial charge on any atom is 0.416 e. The lowest BCUT2D eigenvalue weighted by molar-refractivity contribution is -0.138. The maximum atomic E-state index is 13.0. The van der Waals surface area contributed by atoms with E-state index in [-0.39, 0.29) is 17.9 Å². The summed E-state index contributed by atoms with van der Waals surface area (Å²) >= 11 is 0. The number of halogens is 3. The highest BCUT2D eigenvalue weighted by atomic mass is 19.4. The van der Waals surface area contributed by atoms with E-state index >= 15 is 0 Å². The highest BCUT2D eigenvalue weighted by molar-refractivity contribution is 5.80. The predicted molar refractivity (Wildman–Crippen MR) is 130 cm³/mol. The number of fused-ring (bicyclic) bond motifs is 2. The van der Waals surface area contributed by atoms with Gasteiger partial charge in [-0.25, -0.2) is 4.98 Å². The second-order valence-electron chi connectivity index (χ2n) is 9.26. The van der Waals surface area contributed by atoms with Crippen LogP contribution in [0, 0.1) is 0 Å². The van der Waals surface area contributed by atoms with Crippen LogP contribution in [-0.2, 0) is 23.8 Å². The second-order valence-corrected chi connectivity index (χ2v) is 9.26. The molecule has 2 N–H and O–H groups in total. The fourth-order valence-corrected chi connectivity index (χ4v) is 4.69. The third-order valence-electron chi connectivity index (χ3n) is 6.61. The molecule has 1 aliphatic heterocycles. The number of aliphatic carboxylic acids is 1. The van der Waals surface area contributed by atoms with Gasteiger partial charge in [-0.1, -0.05) is 31.4 Å². The van der Waals surface area contributed by atoms with Gasteiger partial charge in [-0.2, -0.15) is 13.2 Å². The number of unbranched alkanes of at least 4 members (excludes halogenated alkanes) is 3. The van der Waals surface area contributed by atoms with E-state index in [4.69, 9.17) is 4.98 Å². The SMILES string of the molecule is O=C(O)CC(CCCCCCc1ccc2c(n1)NCCC2)c1cnc2cc(C(F)(F)F)ccc2c1. The first kappa shape index (κ1) is 24.9. The third kappa shape index (κ3) is 6.71. The zero-order valence-electron chi connectivity index (χ0n) is 19.6. The van der Waals surface area contributed by atoms with E-state index in [2.05, 4.69) is 22.4 Å². The van der Waals surface area contributed by atoms with Gasteiger partial charge in [-0.05, 0) is 73.4 Å². The summed E-state index contributed by atoms with van der Waals surface area (Å²) in [6.07, 6.45) is 4.82. The summed E-state index contributed by atoms with van der Waals surface area (Å²) in [6, 6.07) is 9.51. The highest BCUT2D eigenvalue weighted by Crippen LogP contribution is 2.33. The molecule has 3 aromatic rings. The number of nitrogens with zero attached hydrogens (tertiary/aromatic N) is 2. The number of hydrogen-bond donors (Lipinski definition) is 2. The zero-order chi connectivity index (χ0) is 24.8. The van der Waals surface area contributed by atoms with Crippen LogP contribution in [0.4, 0.5) is 19.0 Å². The van der Waals surface area contributed by atoms with Crippen LogP contribution in [0.2, 0.25) is 0 Å². The van der Waals surface area contributed by atoms with Crippen LogP contribution in [-0.4, -0.2) is 27.6 Å². The van der Waals surface area contributed by atoms with Crippen molar-refractivity contribution in [3.8, 4) is 0 Å². The minimum Gasteiger partial charge on any atom is -0.481 e. The Balaban J connectivity index is 1.30. The lowest BCUT2D eigenvalue weighted by Crippen LogP contribution is -2.13. The molecule has 186 valence electrons. The molecule has 3 heterocycles. The van der Waals surface area contributed by atoms with E-state index < -0.39 is 17.7 Å². The molecule has 5 nitrogen and oxygen atoms in total. The van der Waals surface area contributed by atoms with Crippen LogP contribution in [0.15, 0.2) is 42.6 Å². The van der Waals surface area contributed by atoms with Crippen LogP contribution in [0.25, 0.3) is 10.9 Å². The topological polar surface area (TPSA) is 75.1 Å². The Labute approximate surface area is 202 Å². The first-order chi connectivity index (χ1) is 16.8. The standard InChI is InChI=1S/C27H30F3N3O2/c28-27(29,30)22-11-9-20-14-21(17-32-24(20)16-22)19(15-25(34)35)6-3-1-2-4-8-23-12-10-18-7-5-13-31-26(18)33-23/h9-12,14,16-17,19H,1-8,13,15H2,(H,31,33)(H,34,35). The van der Waals surface area contributed by atoms with Crippen molar-refractivity contribution in [2.45, 2.75) is 69.9 Å². The molecule has 35 heavy (non-hydrogen) atoms. The third-order valence-corrected chi connectivity index (χ3v) is 6.61. The van der Waals surface area contributed by atoms with Crippen molar-refractivity contribution in [2.24, 2.45) is 0 Å². The average Bonchev–Trinajstić information content (AvgIpc) is 2.83. The average molecular weight is 486 g/mol. The normalized spacial score (nSPS) is 14.4. The number of carboxylic acid groups (broad SMARTS) is 1. The van der Waals surface area contributed by atoms with Gasteiger partial charge in [-0.3, -0.25) is 9.78 Å². The molecule has 1 unspecified atom stereocenters. The van der Waals surface area contributed by atoms with E-state index in [0.29, 0.717) is 11.8 Å². The Bertz CT molecular complexity index is 1180. The zero-order valence-corrected chi connectivity index (χ0v) is 19.6. The maximum absolute atomic E-state index is 13.0. The van der Waals surface area contributed by atoms with Crippen LogP contribution < -0.4 is 5.32 Å². The molecule has 0 saturated carbocycles. The number of nitrogens with one attached hydrogen (secondary N) is 1. The van der Waals surface area contributed by atoms with Crippen molar-refractivity contribution in [1.82, 2.24) is 9.97 Å². The highest BCUT2D eigenvalue weighted by Gasteiger charge is 2.30. The van der Waals surface area contributed by atoms with Crippen molar-refractivity contribution in [2.75, 3.05) is 11.9 Å². The Morgan fingerprint density at radius 2 is 1.91 bits per heavy atom. The van der Waals surface area contributed by atoms with E-state index in [1.807, 2.05) is 0 Å². The predicted octanol–water partition coefficient (Wildman–Crippen LogP) is 6.76. The van der Waals surface area contributed by atoms with Crippen molar-refractivity contribution in [1.29, 1.82) is 0 Å². The van der Waals surface area contributed by atoms with Crippen molar-refractivity contribution < 1.29 is 23.1 Å². The molecule has 1 atom stereocenters. The minimum atomic E-state index is -4.42. The van der Waals surface area contributed by atoms with Crippen molar-refractivity contribution in [3.05, 3.63) is 65.0 Å². The molecule has 0 spiro atoms. The van der Waals surface area contributed by atoms with Gasteiger partial charge in [0.1, 0.15) is 5.82 Å². The summed E-state index contributed by atoms with van der Waals surface area (Å²) in [5.74, 6) is -0.0985. The minimum absolute atomic E-state index is 0.0279. The number of carbonyl (C=O) groups is 1. The first-order valence-corrected chi connectivity index (χ1v) is 12.2. The molecular weight excluding hydrogens is 455 g/mol. The number of alkyl halides is 3. The van der Waals surface area contributed by atoms with Gasteiger partial charge < -0.3 is 10.4 Å². The monoisotopic (exact) mass is 485 g/mol. The Kier molecular flexibility index (Phi) is 7.88. The van der Waals surface area contributed by atoms with E-state index in [1.165, 1.54) is 17.8 Å². The Morgan fingerprint density at radius 1 is 1.09 bits per heavy atom. The lowest BCUT2D eigenvalue weighted by Gasteiger charge is -2.17. The molecule has 1 aliphatic rings. The molecule has 0 saturated heterocycles. The fourth-order valence-electron chi connectivity index (χ4n) is 4.69. The summed E-state index contributed by atoms with van der Waals surface area (Å²) in [5.41, 5.74) is 2.65. The van der Waals surface area contributed by atoms with Gasteiger partial charge in [0, 0.05) is 23.8 Å². The van der Waals surface area contributed by atoms with Gasteiger partial charge in [-0.15, -0.1) is 0 Å². The Hall–Kier alpha value is -3.16. The van der Waals surface area contributed by atoms with Crippen LogP contribution >= 0.6 is 0 Å². The van der Waals surface area contributed by atoms with Gasteiger partial charge in [0.05, 0.1) is 17.5 Å². The number of carboxylic acids is 1. The van der Waals surface area contributed by atoms with Gasteiger partial charge >= 0.3 is 12.1 Å². The van der Waals surface area contributed by atoms with Crippen LogP contribution in [0.5, 0.6) is 0 Å². The molecule has 0 bridgehead atoms. The molecule has 1 aromatic carbocycles. The summed E-state index contributed by atoms with van der Waals surface area (Å²) in [7, 11) is 0. The molecule has 8 heteroatoms. The fraction of sp³-hybridized carbons (Fsp3) is 0.444. The quantitative estimate of drug-likeness (QED) is 0.311. The summed E-state index contributed by atoms with van der Waals surface area (Å²) in [5, 5.41) is 13.3. The number of aryl methyl sites for hydroxylation is 2. The van der Waals surface area contributed by atoms with Crippen LogP contribution in [0.1, 0.15) is 73.2 Å². The lowest BCUT2D eigenvalue weighted by atomic mass is 9.90. The molecule has 0 radical (unpaired) electrons. The Morgan fingerprint density at radius 3 is 2.71 bits per heavy atom. The number of hydrogen-bond acceptors (Lipinski definition) is 4. The summed E-state index contributed by atoms with van der Waals surface area (Å²) < 4.78 is 38.9. The smallest absolute Gasteiger partial charge is 0.416 e. The molecule has 0 amide bonds. The molecule has 0 fully saturated rings. The summed E-state index contributed by atoms with van der Waals surface area (Å²) in [6.45, 7) is 0.974. The molecule has 2 aromatic heterocycles. The molecule has 4 rings (SSSR count). The van der Waals surface area contributed by atoms with Crippen molar-refractivity contribution in [3.63, 3.8) is 0 Å². The number of benzene rings is 1. The number of pyridine rings is 2. The molecular formula is C27H30F3N3O2. The first-order valence-electron chi connectivity index (χ1n) is 12.2. The molecule has 0 aliphatic carbocycles. The largest absolute Gasteiger partial charge is 0.481 e. The number of rotatable bonds is 10. The number of anilines is 1. The van der Waals surface area contributed by atoms with Gasteiger partial charge in [0.25, 0.3) is 0 Å². The van der Waals surface area contributed by atoms with Crippen LogP contribution in [0.3, 0.4) is 0 Å². The summed E-state index contributed by atoms with van der Waals surface area (Å²) in [4.78, 5) is 20.4. The van der Waals surface area contributed by atoms with E-state index in [0.717, 1.165) is 80.7 Å². The second kappa shape index (κ2) is 11.1. The van der Waals surface area contributed by atoms with Crippen molar-refractivity contribution >= 4 is 22.7 Å². The number of aromatic nitrogens is 2. The van der Waals surface area contributed by atoms with E-state index in [1.54, 1.807) is 6.07 Å². The van der Waals surface area contributed by atoms with Gasteiger partial charge in [0.2, 0.25) is 0 Å².